The zero-order valence-corrected chi connectivity index (χ0v) is 10.4. The maximum atomic E-state index is 13.7. The molecule has 1 aromatic carbocycles. The molecule has 1 aromatic rings. The van der Waals surface area contributed by atoms with Crippen molar-refractivity contribution >= 4 is 5.69 Å². The largest absolute Gasteiger partial charge is 0.491 e. The van der Waals surface area contributed by atoms with E-state index < -0.39 is 0 Å². The van der Waals surface area contributed by atoms with Gasteiger partial charge in [-0.2, -0.15) is 0 Å². The first kappa shape index (κ1) is 12.2. The zero-order valence-electron chi connectivity index (χ0n) is 10.4. The molecule has 4 heteroatoms. The number of ether oxygens (including phenoxy) is 1. The average Bonchev–Trinajstić information content (AvgIpc) is 2.32. The molecule has 1 heterocycles. The Morgan fingerprint density at radius 3 is 3.00 bits per heavy atom. The lowest BCUT2D eigenvalue weighted by Crippen LogP contribution is -2.49. The molecule has 1 aliphatic heterocycles. The molecule has 0 aromatic heterocycles. The van der Waals surface area contributed by atoms with Crippen LogP contribution in [0, 0.1) is 5.82 Å². The Morgan fingerprint density at radius 2 is 2.35 bits per heavy atom. The lowest BCUT2D eigenvalue weighted by Gasteiger charge is -2.33. The smallest absolute Gasteiger partial charge is 0.167 e. The Labute approximate surface area is 102 Å². The number of hydrogen-bond acceptors (Lipinski definition) is 3. The van der Waals surface area contributed by atoms with E-state index in [-0.39, 0.29) is 5.82 Å². The summed E-state index contributed by atoms with van der Waals surface area (Å²) in [6.07, 6.45) is 0. The van der Waals surface area contributed by atoms with Crippen molar-refractivity contribution in [2.75, 3.05) is 31.1 Å². The first-order valence-electron chi connectivity index (χ1n) is 6.11. The van der Waals surface area contributed by atoms with Crippen LogP contribution in [-0.2, 0) is 0 Å². The molecule has 1 fully saturated rings. The van der Waals surface area contributed by atoms with Crippen molar-refractivity contribution in [3.8, 4) is 5.75 Å². The molecule has 3 nitrogen and oxygen atoms in total. The maximum Gasteiger partial charge on any atom is 0.167 e. The highest BCUT2D eigenvalue weighted by atomic mass is 19.1. The van der Waals surface area contributed by atoms with Gasteiger partial charge in [0, 0.05) is 37.4 Å². The van der Waals surface area contributed by atoms with Crippen LogP contribution in [0.2, 0.25) is 0 Å². The third-order valence-corrected chi connectivity index (χ3v) is 2.95. The van der Waals surface area contributed by atoms with Crippen LogP contribution >= 0.6 is 0 Å². The summed E-state index contributed by atoms with van der Waals surface area (Å²) in [6, 6.07) is 5.63. The van der Waals surface area contributed by atoms with Gasteiger partial charge in [-0.15, -0.1) is 0 Å². The van der Waals surface area contributed by atoms with Crippen molar-refractivity contribution < 1.29 is 9.13 Å². The first-order chi connectivity index (χ1) is 8.20. The molecule has 0 bridgehead atoms. The lowest BCUT2D eigenvalue weighted by molar-refractivity contribution is 0.321. The van der Waals surface area contributed by atoms with Gasteiger partial charge < -0.3 is 15.0 Å². The molecule has 1 atom stereocenters. The van der Waals surface area contributed by atoms with Gasteiger partial charge in [0.05, 0.1) is 6.61 Å². The van der Waals surface area contributed by atoms with Crippen LogP contribution in [-0.4, -0.2) is 32.3 Å². The van der Waals surface area contributed by atoms with E-state index >= 15 is 0 Å². The van der Waals surface area contributed by atoms with Gasteiger partial charge >= 0.3 is 0 Å². The highest BCUT2D eigenvalue weighted by molar-refractivity contribution is 5.50. The summed E-state index contributed by atoms with van der Waals surface area (Å²) in [5, 5.41) is 3.37. The molecule has 0 radical (unpaired) electrons. The number of nitrogens with zero attached hydrogens (tertiary/aromatic N) is 1. The predicted octanol–water partition coefficient (Wildman–Crippen LogP) is 2.02. The number of hydrogen-bond donors (Lipinski definition) is 1. The molecule has 1 aliphatic rings. The molecule has 17 heavy (non-hydrogen) atoms. The van der Waals surface area contributed by atoms with E-state index in [2.05, 4.69) is 17.1 Å². The Hall–Kier alpha value is -1.29. The normalized spacial score (nSPS) is 20.4. The quantitative estimate of drug-likeness (QED) is 0.872. The molecule has 2 rings (SSSR count). The Kier molecular flexibility index (Phi) is 3.84. The second kappa shape index (κ2) is 5.36. The van der Waals surface area contributed by atoms with Gasteiger partial charge in [0.1, 0.15) is 0 Å². The summed E-state index contributed by atoms with van der Waals surface area (Å²) in [7, 11) is 0. The topological polar surface area (TPSA) is 24.5 Å². The lowest BCUT2D eigenvalue weighted by atomic mass is 10.2. The van der Waals surface area contributed by atoms with Gasteiger partial charge in [0.25, 0.3) is 0 Å². The van der Waals surface area contributed by atoms with E-state index in [9.17, 15) is 4.39 Å². The summed E-state index contributed by atoms with van der Waals surface area (Å²) in [5.41, 5.74) is 0.930. The third kappa shape index (κ3) is 2.88. The van der Waals surface area contributed by atoms with E-state index in [1.807, 2.05) is 13.0 Å². The fourth-order valence-electron chi connectivity index (χ4n) is 2.13. The van der Waals surface area contributed by atoms with E-state index in [0.29, 0.717) is 18.4 Å². The first-order valence-corrected chi connectivity index (χ1v) is 6.11. The standard InChI is InChI=1S/C13H19FN2O/c1-3-17-13-5-4-11(8-12(13)14)16-7-6-15-10(2)9-16/h4-5,8,10,15H,3,6-7,9H2,1-2H3/t10-/m1/s1. The highest BCUT2D eigenvalue weighted by Crippen LogP contribution is 2.24. The predicted molar refractivity (Wildman–Crippen MR) is 67.2 cm³/mol. The number of anilines is 1. The van der Waals surface area contributed by atoms with Crippen molar-refractivity contribution in [1.29, 1.82) is 0 Å². The second-order valence-corrected chi connectivity index (χ2v) is 4.35. The van der Waals surface area contributed by atoms with Crippen molar-refractivity contribution in [2.45, 2.75) is 19.9 Å². The molecular weight excluding hydrogens is 219 g/mol. The molecule has 1 N–H and O–H groups in total. The van der Waals surface area contributed by atoms with Gasteiger partial charge in [-0.1, -0.05) is 0 Å². The number of benzene rings is 1. The number of rotatable bonds is 3. The van der Waals surface area contributed by atoms with Crippen LogP contribution in [0.1, 0.15) is 13.8 Å². The number of nitrogens with one attached hydrogen (secondary N) is 1. The average molecular weight is 238 g/mol. The van der Waals surface area contributed by atoms with Gasteiger partial charge in [0.15, 0.2) is 11.6 Å². The Morgan fingerprint density at radius 1 is 1.53 bits per heavy atom. The molecule has 0 amide bonds. The van der Waals surface area contributed by atoms with Crippen molar-refractivity contribution in [1.82, 2.24) is 5.32 Å². The Balaban J connectivity index is 2.13. The van der Waals surface area contributed by atoms with Gasteiger partial charge in [-0.3, -0.25) is 0 Å². The van der Waals surface area contributed by atoms with Gasteiger partial charge in [-0.05, 0) is 26.0 Å². The van der Waals surface area contributed by atoms with Gasteiger partial charge in [0.2, 0.25) is 0 Å². The molecular formula is C13H19FN2O. The minimum Gasteiger partial charge on any atom is -0.491 e. The number of halogens is 1. The van der Waals surface area contributed by atoms with Crippen molar-refractivity contribution in [2.24, 2.45) is 0 Å². The minimum absolute atomic E-state index is 0.282. The molecule has 94 valence electrons. The van der Waals surface area contributed by atoms with Gasteiger partial charge in [-0.25, -0.2) is 4.39 Å². The second-order valence-electron chi connectivity index (χ2n) is 4.35. The van der Waals surface area contributed by atoms with Crippen LogP contribution in [0.3, 0.4) is 0 Å². The minimum atomic E-state index is -0.282. The monoisotopic (exact) mass is 238 g/mol. The van der Waals surface area contributed by atoms with Crippen LogP contribution in [0.25, 0.3) is 0 Å². The summed E-state index contributed by atoms with van der Waals surface area (Å²) in [4.78, 5) is 2.19. The molecule has 0 unspecified atom stereocenters. The summed E-state index contributed by atoms with van der Waals surface area (Å²) >= 11 is 0. The van der Waals surface area contributed by atoms with E-state index in [0.717, 1.165) is 25.3 Å². The van der Waals surface area contributed by atoms with E-state index in [1.165, 1.54) is 0 Å². The summed E-state index contributed by atoms with van der Waals surface area (Å²) < 4.78 is 18.9. The molecule has 1 saturated heterocycles. The zero-order chi connectivity index (χ0) is 12.3. The fraction of sp³-hybridized carbons (Fsp3) is 0.538. The fourth-order valence-corrected chi connectivity index (χ4v) is 2.13. The molecule has 0 saturated carbocycles. The Bertz CT molecular complexity index is 384. The molecule has 0 aliphatic carbocycles. The summed E-state index contributed by atoms with van der Waals surface area (Å²) in [6.45, 7) is 7.24. The maximum absolute atomic E-state index is 13.7. The number of piperazine rings is 1. The van der Waals surface area contributed by atoms with E-state index in [1.54, 1.807) is 12.1 Å². The van der Waals surface area contributed by atoms with Crippen molar-refractivity contribution in [3.63, 3.8) is 0 Å². The van der Waals surface area contributed by atoms with Crippen LogP contribution in [0.5, 0.6) is 5.75 Å². The van der Waals surface area contributed by atoms with E-state index in [4.69, 9.17) is 4.74 Å². The SMILES string of the molecule is CCOc1ccc(N2CCN[C@H](C)C2)cc1F. The van der Waals surface area contributed by atoms with Crippen LogP contribution < -0.4 is 15.0 Å². The van der Waals surface area contributed by atoms with Crippen LogP contribution in [0.4, 0.5) is 10.1 Å². The summed E-state index contributed by atoms with van der Waals surface area (Å²) in [5.74, 6) is 0.0509. The highest BCUT2D eigenvalue weighted by Gasteiger charge is 2.17. The molecule has 0 spiro atoms. The van der Waals surface area contributed by atoms with Crippen molar-refractivity contribution in [3.05, 3.63) is 24.0 Å². The van der Waals surface area contributed by atoms with Crippen LogP contribution in [0.15, 0.2) is 18.2 Å². The third-order valence-electron chi connectivity index (χ3n) is 2.95.